The molecule has 3 heteroatoms. The molecule has 0 fully saturated rings. The van der Waals surface area contributed by atoms with Crippen LogP contribution in [0.15, 0.2) is 24.3 Å². The van der Waals surface area contributed by atoms with Crippen molar-refractivity contribution in [3.63, 3.8) is 0 Å². The third-order valence-electron chi connectivity index (χ3n) is 1.73. The van der Waals surface area contributed by atoms with Crippen molar-refractivity contribution in [1.82, 2.24) is 5.32 Å². The second kappa shape index (κ2) is 2.80. The molecule has 0 unspecified atom stereocenters. The summed E-state index contributed by atoms with van der Waals surface area (Å²) in [6, 6.07) is 8.18. The molecule has 3 nitrogen and oxygen atoms in total. The Morgan fingerprint density at radius 3 is 2.00 bits per heavy atom. The normalized spacial score (nSPS) is 15.6. The van der Waals surface area contributed by atoms with Crippen molar-refractivity contribution in [2.45, 2.75) is 0 Å². The van der Waals surface area contributed by atoms with Gasteiger partial charge in [-0.3, -0.25) is 5.32 Å². The SMILES string of the molecule is c1ccc2c(c1)NCNCN2. The van der Waals surface area contributed by atoms with Crippen molar-refractivity contribution < 1.29 is 0 Å². The molecule has 58 valence electrons. The topological polar surface area (TPSA) is 36.1 Å². The summed E-state index contributed by atoms with van der Waals surface area (Å²) in [4.78, 5) is 0. The Kier molecular flexibility index (Phi) is 1.65. The molecule has 11 heavy (non-hydrogen) atoms. The van der Waals surface area contributed by atoms with Gasteiger partial charge in [0, 0.05) is 0 Å². The average Bonchev–Trinajstić information content (AvgIpc) is 2.28. The zero-order chi connectivity index (χ0) is 7.52. The molecule has 0 bridgehead atoms. The van der Waals surface area contributed by atoms with Gasteiger partial charge in [0.2, 0.25) is 0 Å². The van der Waals surface area contributed by atoms with Crippen LogP contribution in [0, 0.1) is 0 Å². The van der Waals surface area contributed by atoms with Crippen molar-refractivity contribution in [3.05, 3.63) is 24.3 Å². The lowest BCUT2D eigenvalue weighted by molar-refractivity contribution is 0.792. The Morgan fingerprint density at radius 1 is 0.909 bits per heavy atom. The van der Waals surface area contributed by atoms with Gasteiger partial charge in [-0.25, -0.2) is 0 Å². The second-order valence-corrected chi connectivity index (χ2v) is 2.50. The summed E-state index contributed by atoms with van der Waals surface area (Å²) in [7, 11) is 0. The Balaban J connectivity index is 2.33. The minimum Gasteiger partial charge on any atom is -0.371 e. The van der Waals surface area contributed by atoms with E-state index in [2.05, 4.69) is 28.1 Å². The molecule has 1 aliphatic rings. The molecular formula is C8H11N3. The van der Waals surface area contributed by atoms with E-state index < -0.39 is 0 Å². The van der Waals surface area contributed by atoms with Crippen LogP contribution < -0.4 is 16.0 Å². The van der Waals surface area contributed by atoms with Gasteiger partial charge in [0.25, 0.3) is 0 Å². The Bertz CT molecular complexity index is 222. The largest absolute Gasteiger partial charge is 0.371 e. The number of fused-ring (bicyclic) bond motifs is 1. The van der Waals surface area contributed by atoms with Crippen molar-refractivity contribution in [3.8, 4) is 0 Å². The van der Waals surface area contributed by atoms with E-state index in [1.807, 2.05) is 12.1 Å². The first kappa shape index (κ1) is 6.49. The summed E-state index contributed by atoms with van der Waals surface area (Å²) in [6.45, 7) is 1.65. The first-order chi connectivity index (χ1) is 5.47. The molecule has 1 aliphatic heterocycles. The van der Waals surface area contributed by atoms with E-state index in [4.69, 9.17) is 0 Å². The van der Waals surface area contributed by atoms with Crippen LogP contribution in [0.25, 0.3) is 0 Å². The van der Waals surface area contributed by atoms with Gasteiger partial charge in [0.1, 0.15) is 0 Å². The van der Waals surface area contributed by atoms with E-state index in [-0.39, 0.29) is 0 Å². The van der Waals surface area contributed by atoms with E-state index in [1.165, 1.54) is 0 Å². The summed E-state index contributed by atoms with van der Waals surface area (Å²) >= 11 is 0. The van der Waals surface area contributed by atoms with Crippen molar-refractivity contribution in [1.29, 1.82) is 0 Å². The van der Waals surface area contributed by atoms with Gasteiger partial charge >= 0.3 is 0 Å². The number of para-hydroxylation sites is 2. The molecule has 0 saturated carbocycles. The number of nitrogens with one attached hydrogen (secondary N) is 3. The van der Waals surface area contributed by atoms with E-state index in [0.717, 1.165) is 24.7 Å². The lowest BCUT2D eigenvalue weighted by atomic mass is 10.3. The standard InChI is InChI=1S/C8H11N3/c1-2-4-8-7(3-1)10-5-9-6-11-8/h1-4,9-11H,5-6H2. The molecule has 0 aliphatic carbocycles. The highest BCUT2D eigenvalue weighted by Gasteiger charge is 2.02. The summed E-state index contributed by atoms with van der Waals surface area (Å²) in [5.74, 6) is 0. The molecule has 0 amide bonds. The summed E-state index contributed by atoms with van der Waals surface area (Å²) in [5.41, 5.74) is 2.33. The van der Waals surface area contributed by atoms with Crippen LogP contribution in [0.2, 0.25) is 0 Å². The van der Waals surface area contributed by atoms with Crippen LogP contribution in [-0.2, 0) is 0 Å². The fourth-order valence-corrected chi connectivity index (χ4v) is 1.17. The van der Waals surface area contributed by atoms with E-state index in [0.29, 0.717) is 0 Å². The lowest BCUT2D eigenvalue weighted by Crippen LogP contribution is -2.23. The summed E-state index contributed by atoms with van der Waals surface area (Å²) < 4.78 is 0. The Labute approximate surface area is 65.8 Å². The molecule has 0 saturated heterocycles. The maximum absolute atomic E-state index is 3.25. The third-order valence-corrected chi connectivity index (χ3v) is 1.73. The Hall–Kier alpha value is -1.22. The van der Waals surface area contributed by atoms with E-state index >= 15 is 0 Å². The van der Waals surface area contributed by atoms with Crippen molar-refractivity contribution >= 4 is 11.4 Å². The molecule has 2 rings (SSSR count). The maximum Gasteiger partial charge on any atom is 0.0667 e. The number of anilines is 2. The fourth-order valence-electron chi connectivity index (χ4n) is 1.17. The average molecular weight is 149 g/mol. The van der Waals surface area contributed by atoms with E-state index in [1.54, 1.807) is 0 Å². The van der Waals surface area contributed by atoms with Gasteiger partial charge in [0.15, 0.2) is 0 Å². The quantitative estimate of drug-likeness (QED) is 0.515. The lowest BCUT2D eigenvalue weighted by Gasteiger charge is -2.05. The molecule has 3 N–H and O–H groups in total. The summed E-state index contributed by atoms with van der Waals surface area (Å²) in [5, 5.41) is 9.67. The number of hydrogen-bond donors (Lipinski definition) is 3. The van der Waals surface area contributed by atoms with Gasteiger partial charge < -0.3 is 10.6 Å². The highest BCUT2D eigenvalue weighted by molar-refractivity contribution is 5.68. The molecule has 1 heterocycles. The molecule has 0 atom stereocenters. The van der Waals surface area contributed by atoms with Gasteiger partial charge in [-0.1, -0.05) is 12.1 Å². The fraction of sp³-hybridized carbons (Fsp3) is 0.250. The zero-order valence-corrected chi connectivity index (χ0v) is 6.22. The summed E-state index contributed by atoms with van der Waals surface area (Å²) in [6.07, 6.45) is 0. The second-order valence-electron chi connectivity index (χ2n) is 2.50. The monoisotopic (exact) mass is 149 g/mol. The van der Waals surface area contributed by atoms with Crippen LogP contribution in [0.1, 0.15) is 0 Å². The number of benzene rings is 1. The first-order valence-electron chi connectivity index (χ1n) is 3.74. The van der Waals surface area contributed by atoms with Crippen molar-refractivity contribution in [2.24, 2.45) is 0 Å². The highest BCUT2D eigenvalue weighted by atomic mass is 15.2. The molecule has 0 aromatic heterocycles. The van der Waals surface area contributed by atoms with E-state index in [9.17, 15) is 0 Å². The van der Waals surface area contributed by atoms with Gasteiger partial charge in [-0.05, 0) is 12.1 Å². The smallest absolute Gasteiger partial charge is 0.0667 e. The zero-order valence-electron chi connectivity index (χ0n) is 6.22. The highest BCUT2D eigenvalue weighted by Crippen LogP contribution is 2.20. The first-order valence-corrected chi connectivity index (χ1v) is 3.74. The predicted octanol–water partition coefficient (Wildman–Crippen LogP) is 1.03. The molecule has 1 aromatic carbocycles. The molecule has 0 spiro atoms. The minimum atomic E-state index is 0.823. The predicted molar refractivity (Wildman–Crippen MR) is 46.6 cm³/mol. The third kappa shape index (κ3) is 1.28. The molecule has 1 aromatic rings. The maximum atomic E-state index is 3.25. The molecular weight excluding hydrogens is 138 g/mol. The van der Waals surface area contributed by atoms with Gasteiger partial charge in [-0.2, -0.15) is 0 Å². The van der Waals surface area contributed by atoms with Crippen LogP contribution in [0.3, 0.4) is 0 Å². The van der Waals surface area contributed by atoms with Crippen molar-refractivity contribution in [2.75, 3.05) is 24.0 Å². The van der Waals surface area contributed by atoms with Crippen LogP contribution in [0.5, 0.6) is 0 Å². The van der Waals surface area contributed by atoms with Crippen LogP contribution >= 0.6 is 0 Å². The number of rotatable bonds is 0. The Morgan fingerprint density at radius 2 is 1.45 bits per heavy atom. The minimum absolute atomic E-state index is 0.823. The molecule has 0 radical (unpaired) electrons. The van der Waals surface area contributed by atoms with Crippen LogP contribution in [0.4, 0.5) is 11.4 Å². The number of hydrogen-bond acceptors (Lipinski definition) is 3. The van der Waals surface area contributed by atoms with Crippen LogP contribution in [-0.4, -0.2) is 13.3 Å². The van der Waals surface area contributed by atoms with Gasteiger partial charge in [-0.15, -0.1) is 0 Å². The van der Waals surface area contributed by atoms with Gasteiger partial charge in [0.05, 0.1) is 24.7 Å².